The Hall–Kier alpha value is -6.06. The molecule has 0 atom stereocenters. The summed E-state index contributed by atoms with van der Waals surface area (Å²) in [6.07, 6.45) is 4.05. The summed E-state index contributed by atoms with van der Waals surface area (Å²) in [4.78, 5) is 9.96. The first kappa shape index (κ1) is 27.3. The van der Waals surface area contributed by atoms with Crippen molar-refractivity contribution < 1.29 is 0 Å². The van der Waals surface area contributed by atoms with Gasteiger partial charge < -0.3 is 0 Å². The summed E-state index contributed by atoms with van der Waals surface area (Å²) in [5.41, 5.74) is 12.6. The van der Waals surface area contributed by atoms with Crippen LogP contribution in [0, 0.1) is 0 Å². The third-order valence-electron chi connectivity index (χ3n) is 9.33. The first-order valence-electron chi connectivity index (χ1n) is 16.1. The van der Waals surface area contributed by atoms with Crippen LogP contribution in [0.5, 0.6) is 0 Å². The molecular formula is C44H29BN2. The number of nitrogens with zero attached hydrogens (tertiary/aromatic N) is 2. The fourth-order valence-corrected chi connectivity index (χ4v) is 7.10. The van der Waals surface area contributed by atoms with E-state index in [1.54, 1.807) is 0 Å². The molecular weight excluding hydrogens is 567 g/mol. The second-order valence-electron chi connectivity index (χ2n) is 12.3. The predicted octanol–water partition coefficient (Wildman–Crippen LogP) is 10.0. The molecule has 9 rings (SSSR count). The summed E-state index contributed by atoms with van der Waals surface area (Å²) in [5, 5.41) is 7.07. The third-order valence-corrected chi connectivity index (χ3v) is 9.33. The number of fused-ring (bicyclic) bond motifs is 6. The molecule has 0 saturated heterocycles. The maximum atomic E-state index is 4.98. The number of rotatable bonds is 4. The summed E-state index contributed by atoms with van der Waals surface area (Å²) in [7, 11) is 2.18. The predicted molar refractivity (Wildman–Crippen MR) is 202 cm³/mol. The number of aromatic nitrogens is 2. The van der Waals surface area contributed by atoms with Gasteiger partial charge in [0.25, 0.3) is 0 Å². The van der Waals surface area contributed by atoms with Crippen molar-refractivity contribution >= 4 is 56.7 Å². The van der Waals surface area contributed by atoms with Crippen LogP contribution in [0.2, 0.25) is 0 Å². The lowest BCUT2D eigenvalue weighted by Crippen LogP contribution is -2.03. The van der Waals surface area contributed by atoms with E-state index in [0.29, 0.717) is 0 Å². The van der Waals surface area contributed by atoms with Gasteiger partial charge in [-0.1, -0.05) is 139 Å². The molecule has 0 aliphatic rings. The monoisotopic (exact) mass is 596 g/mol. The smallest absolute Gasteiger partial charge is 0.139 e. The van der Waals surface area contributed by atoms with Crippen LogP contribution in [0.4, 0.5) is 0 Å². The molecule has 2 nitrogen and oxygen atoms in total. The van der Waals surface area contributed by atoms with Gasteiger partial charge in [-0.2, -0.15) is 0 Å². The minimum absolute atomic E-state index is 1.04. The highest BCUT2D eigenvalue weighted by atomic mass is 14.7. The molecule has 0 saturated carbocycles. The Morgan fingerprint density at radius 1 is 0.340 bits per heavy atom. The Kier molecular flexibility index (Phi) is 6.43. The SMILES string of the molecule is Bc1cc(-c2ccccc2-c2cnc3c(ccc4ccccc43)c2)cc(-c2ccccc2-c2cnc3c(ccc4ccccc43)c2)c1. The van der Waals surface area contributed by atoms with E-state index in [-0.39, 0.29) is 0 Å². The van der Waals surface area contributed by atoms with Gasteiger partial charge in [-0.3, -0.25) is 9.97 Å². The van der Waals surface area contributed by atoms with Crippen LogP contribution >= 0.6 is 0 Å². The van der Waals surface area contributed by atoms with E-state index in [1.165, 1.54) is 60.4 Å². The van der Waals surface area contributed by atoms with Gasteiger partial charge in [-0.05, 0) is 62.4 Å². The second-order valence-corrected chi connectivity index (χ2v) is 12.3. The summed E-state index contributed by atoms with van der Waals surface area (Å²) in [6.45, 7) is 0. The van der Waals surface area contributed by atoms with E-state index in [2.05, 4.69) is 160 Å². The average molecular weight is 597 g/mol. The molecule has 2 heterocycles. The lowest BCUT2D eigenvalue weighted by atomic mass is 9.85. The van der Waals surface area contributed by atoms with Gasteiger partial charge >= 0.3 is 0 Å². The zero-order chi connectivity index (χ0) is 31.3. The fraction of sp³-hybridized carbons (Fsp3) is 0. The average Bonchev–Trinajstić information content (AvgIpc) is 3.14. The van der Waals surface area contributed by atoms with Crippen LogP contribution < -0.4 is 5.46 Å². The highest BCUT2D eigenvalue weighted by Crippen LogP contribution is 2.38. The summed E-state index contributed by atoms with van der Waals surface area (Å²) in [5.74, 6) is 0. The molecule has 2 aromatic heterocycles. The molecule has 0 fully saturated rings. The maximum absolute atomic E-state index is 4.98. The Balaban J connectivity index is 1.15. The second kappa shape index (κ2) is 11.1. The Bertz CT molecular complexity index is 2480. The number of benzene rings is 7. The van der Waals surface area contributed by atoms with Gasteiger partial charge in [0.2, 0.25) is 0 Å². The van der Waals surface area contributed by atoms with Crippen molar-refractivity contribution in [2.75, 3.05) is 0 Å². The largest absolute Gasteiger partial charge is 0.255 e. The number of pyridine rings is 2. The van der Waals surface area contributed by atoms with Crippen molar-refractivity contribution in [3.05, 3.63) is 164 Å². The minimum Gasteiger partial charge on any atom is -0.255 e. The highest BCUT2D eigenvalue weighted by molar-refractivity contribution is 6.33. The fourth-order valence-electron chi connectivity index (χ4n) is 7.10. The molecule has 0 aliphatic carbocycles. The van der Waals surface area contributed by atoms with E-state index in [4.69, 9.17) is 9.97 Å². The van der Waals surface area contributed by atoms with Crippen LogP contribution in [0.25, 0.3) is 87.9 Å². The van der Waals surface area contributed by atoms with E-state index in [0.717, 1.165) is 32.9 Å². The summed E-state index contributed by atoms with van der Waals surface area (Å²) < 4.78 is 0. The van der Waals surface area contributed by atoms with Gasteiger partial charge in [0, 0.05) is 45.1 Å². The van der Waals surface area contributed by atoms with E-state index in [9.17, 15) is 0 Å². The van der Waals surface area contributed by atoms with Gasteiger partial charge in [0.15, 0.2) is 0 Å². The highest BCUT2D eigenvalue weighted by Gasteiger charge is 2.14. The first-order valence-corrected chi connectivity index (χ1v) is 16.1. The van der Waals surface area contributed by atoms with Gasteiger partial charge in [-0.25, -0.2) is 0 Å². The molecule has 0 radical (unpaired) electrons. The molecule has 0 spiro atoms. The molecule has 0 aliphatic heterocycles. The molecule has 0 unspecified atom stereocenters. The summed E-state index contributed by atoms with van der Waals surface area (Å²) in [6, 6.07) is 54.5. The zero-order valence-electron chi connectivity index (χ0n) is 26.0. The van der Waals surface area contributed by atoms with Crippen LogP contribution in [0.1, 0.15) is 0 Å². The minimum atomic E-state index is 1.04. The zero-order valence-corrected chi connectivity index (χ0v) is 26.0. The Labute approximate surface area is 274 Å². The third kappa shape index (κ3) is 4.76. The molecule has 0 bridgehead atoms. The summed E-state index contributed by atoms with van der Waals surface area (Å²) >= 11 is 0. The molecule has 218 valence electrons. The van der Waals surface area contributed by atoms with E-state index >= 15 is 0 Å². The van der Waals surface area contributed by atoms with Crippen molar-refractivity contribution in [1.82, 2.24) is 9.97 Å². The van der Waals surface area contributed by atoms with Crippen molar-refractivity contribution in [2.45, 2.75) is 0 Å². The van der Waals surface area contributed by atoms with Gasteiger partial charge in [0.05, 0.1) is 11.0 Å². The Morgan fingerprint density at radius 2 is 0.723 bits per heavy atom. The van der Waals surface area contributed by atoms with Crippen molar-refractivity contribution in [1.29, 1.82) is 0 Å². The molecule has 3 heteroatoms. The maximum Gasteiger partial charge on any atom is 0.139 e. The van der Waals surface area contributed by atoms with Crippen molar-refractivity contribution in [2.24, 2.45) is 0 Å². The van der Waals surface area contributed by atoms with Gasteiger partial charge in [0.1, 0.15) is 7.85 Å². The first-order chi connectivity index (χ1) is 23.2. The number of hydrogen-bond acceptors (Lipinski definition) is 2. The number of hydrogen-bond donors (Lipinski definition) is 0. The van der Waals surface area contributed by atoms with E-state index < -0.39 is 0 Å². The molecule has 47 heavy (non-hydrogen) atoms. The lowest BCUT2D eigenvalue weighted by Gasteiger charge is -2.16. The molecule has 7 aromatic carbocycles. The lowest BCUT2D eigenvalue weighted by molar-refractivity contribution is 1.42. The van der Waals surface area contributed by atoms with Crippen molar-refractivity contribution in [3.63, 3.8) is 0 Å². The van der Waals surface area contributed by atoms with Crippen LogP contribution in [-0.2, 0) is 0 Å². The topological polar surface area (TPSA) is 25.8 Å². The standard InChI is InChI=1S/C44H29BN2/c45-36-24-32(37-11-5-7-13-39(37)34-21-30-19-17-28-9-1-3-15-41(28)43(30)46-26-34)23-33(25-36)38-12-6-8-14-40(38)35-22-31-20-18-29-10-2-4-16-42(29)44(31)47-27-35/h1-27H,45H2. The van der Waals surface area contributed by atoms with Crippen LogP contribution in [-0.4, -0.2) is 17.8 Å². The van der Waals surface area contributed by atoms with Crippen LogP contribution in [0.3, 0.4) is 0 Å². The normalized spacial score (nSPS) is 11.5. The van der Waals surface area contributed by atoms with Gasteiger partial charge in [-0.15, -0.1) is 0 Å². The molecule has 0 N–H and O–H groups in total. The van der Waals surface area contributed by atoms with E-state index in [1.807, 2.05) is 12.4 Å². The Morgan fingerprint density at radius 3 is 1.19 bits per heavy atom. The van der Waals surface area contributed by atoms with Crippen molar-refractivity contribution in [3.8, 4) is 44.5 Å². The molecule has 9 aromatic rings. The molecule has 0 amide bonds. The quantitative estimate of drug-likeness (QED) is 0.149. The van der Waals surface area contributed by atoms with Crippen LogP contribution in [0.15, 0.2) is 164 Å².